The second kappa shape index (κ2) is 4.94. The molecule has 0 aromatic heterocycles. The van der Waals surface area contributed by atoms with Gasteiger partial charge in [0.1, 0.15) is 5.75 Å². The second-order valence-electron chi connectivity index (χ2n) is 4.25. The fraction of sp³-hybridized carbons (Fsp3) is 0.200. The van der Waals surface area contributed by atoms with Crippen LogP contribution in [-0.2, 0) is 0 Å². The lowest BCUT2D eigenvalue weighted by molar-refractivity contribution is 0.416. The van der Waals surface area contributed by atoms with Crippen molar-refractivity contribution in [3.8, 4) is 5.75 Å². The van der Waals surface area contributed by atoms with Gasteiger partial charge in [0.15, 0.2) is 0 Å². The van der Waals surface area contributed by atoms with Crippen LogP contribution in [-0.4, -0.2) is 12.9 Å². The number of benzene rings is 2. The van der Waals surface area contributed by atoms with Crippen LogP contribution in [0.5, 0.6) is 5.75 Å². The normalized spacial score (nSPS) is 17.3. The summed E-state index contributed by atoms with van der Waals surface area (Å²) in [4.78, 5) is 1.38. The van der Waals surface area contributed by atoms with Crippen LogP contribution in [0.4, 0.5) is 5.69 Å². The Labute approximate surface area is 111 Å². The van der Waals surface area contributed by atoms with Crippen LogP contribution < -0.4 is 10.1 Å². The van der Waals surface area contributed by atoms with Crippen molar-refractivity contribution in [2.75, 3.05) is 18.2 Å². The Bertz CT molecular complexity index is 556. The van der Waals surface area contributed by atoms with Crippen molar-refractivity contribution in [1.82, 2.24) is 0 Å². The van der Waals surface area contributed by atoms with Gasteiger partial charge in [-0.25, -0.2) is 0 Å². The predicted octanol–water partition coefficient (Wildman–Crippen LogP) is 3.95. The highest BCUT2D eigenvalue weighted by Gasteiger charge is 2.22. The van der Waals surface area contributed by atoms with Gasteiger partial charge >= 0.3 is 0 Å². The number of anilines is 1. The maximum atomic E-state index is 5.37. The Hall–Kier alpha value is -1.61. The van der Waals surface area contributed by atoms with E-state index < -0.39 is 0 Å². The Morgan fingerprint density at radius 2 is 1.89 bits per heavy atom. The Morgan fingerprint density at radius 1 is 1.11 bits per heavy atom. The minimum atomic E-state index is 0.363. The van der Waals surface area contributed by atoms with E-state index in [0.29, 0.717) is 6.04 Å². The number of para-hydroxylation sites is 2. The third kappa shape index (κ3) is 2.06. The summed E-state index contributed by atoms with van der Waals surface area (Å²) in [5.74, 6) is 1.96. The molecule has 1 unspecified atom stereocenters. The molecule has 18 heavy (non-hydrogen) atoms. The quantitative estimate of drug-likeness (QED) is 0.899. The van der Waals surface area contributed by atoms with Crippen molar-refractivity contribution >= 4 is 17.4 Å². The van der Waals surface area contributed by atoms with Crippen LogP contribution in [0, 0.1) is 0 Å². The van der Waals surface area contributed by atoms with Crippen LogP contribution in [0.25, 0.3) is 0 Å². The van der Waals surface area contributed by atoms with Crippen molar-refractivity contribution in [1.29, 1.82) is 0 Å². The zero-order valence-corrected chi connectivity index (χ0v) is 11.0. The fourth-order valence-electron chi connectivity index (χ4n) is 2.23. The van der Waals surface area contributed by atoms with Crippen molar-refractivity contribution in [3.05, 3.63) is 54.1 Å². The van der Waals surface area contributed by atoms with E-state index in [1.165, 1.54) is 10.5 Å². The number of nitrogens with one attached hydrogen (secondary N) is 1. The molecule has 0 saturated carbocycles. The summed E-state index contributed by atoms with van der Waals surface area (Å²) in [5, 5.41) is 3.57. The van der Waals surface area contributed by atoms with Crippen LogP contribution in [0.1, 0.15) is 11.6 Å². The van der Waals surface area contributed by atoms with Gasteiger partial charge in [-0.2, -0.15) is 0 Å². The molecule has 0 radical (unpaired) electrons. The third-order valence-electron chi connectivity index (χ3n) is 3.14. The van der Waals surface area contributed by atoms with Gasteiger partial charge in [0.05, 0.1) is 18.8 Å². The van der Waals surface area contributed by atoms with E-state index >= 15 is 0 Å². The predicted molar refractivity (Wildman–Crippen MR) is 76.5 cm³/mol. The van der Waals surface area contributed by atoms with Gasteiger partial charge in [0.2, 0.25) is 0 Å². The van der Waals surface area contributed by atoms with E-state index in [2.05, 4.69) is 35.6 Å². The molecule has 0 bridgehead atoms. The van der Waals surface area contributed by atoms with E-state index in [0.717, 1.165) is 17.2 Å². The zero-order valence-electron chi connectivity index (χ0n) is 10.2. The SMILES string of the molecule is COc1ccccc1NC1CSc2ccccc21. The lowest BCUT2D eigenvalue weighted by atomic mass is 10.1. The topological polar surface area (TPSA) is 21.3 Å². The number of thioether (sulfide) groups is 1. The van der Waals surface area contributed by atoms with Gasteiger partial charge in [-0.3, -0.25) is 0 Å². The molecule has 3 heteroatoms. The summed E-state index contributed by atoms with van der Waals surface area (Å²) in [6.07, 6.45) is 0. The molecule has 92 valence electrons. The summed E-state index contributed by atoms with van der Waals surface area (Å²) < 4.78 is 5.37. The van der Waals surface area contributed by atoms with E-state index in [-0.39, 0.29) is 0 Å². The first-order valence-corrected chi connectivity index (χ1v) is 6.98. The van der Waals surface area contributed by atoms with Gasteiger partial charge in [0, 0.05) is 10.6 Å². The number of hydrogen-bond acceptors (Lipinski definition) is 3. The van der Waals surface area contributed by atoms with Crippen LogP contribution in [0.3, 0.4) is 0 Å². The highest BCUT2D eigenvalue weighted by Crippen LogP contribution is 2.40. The van der Waals surface area contributed by atoms with Crippen LogP contribution >= 0.6 is 11.8 Å². The van der Waals surface area contributed by atoms with E-state index in [4.69, 9.17) is 4.74 Å². The first-order valence-electron chi connectivity index (χ1n) is 6.00. The van der Waals surface area contributed by atoms with Gasteiger partial charge in [-0.1, -0.05) is 30.3 Å². The molecule has 2 aromatic rings. The summed E-state index contributed by atoms with van der Waals surface area (Å²) >= 11 is 1.91. The molecule has 2 nitrogen and oxygen atoms in total. The molecule has 3 rings (SSSR count). The molecule has 0 fully saturated rings. The van der Waals surface area contributed by atoms with E-state index in [9.17, 15) is 0 Å². The minimum absolute atomic E-state index is 0.363. The summed E-state index contributed by atoms with van der Waals surface area (Å²) in [6, 6.07) is 17.0. The number of rotatable bonds is 3. The molecule has 1 aliphatic heterocycles. The monoisotopic (exact) mass is 257 g/mol. The molecular weight excluding hydrogens is 242 g/mol. The number of hydrogen-bond donors (Lipinski definition) is 1. The standard InChI is InChI=1S/C15H15NOS/c1-17-14-8-4-3-7-12(14)16-13-10-18-15-9-5-2-6-11(13)15/h2-9,13,16H,10H2,1H3. The molecule has 2 aromatic carbocycles. The van der Waals surface area contributed by atoms with Crippen LogP contribution in [0.15, 0.2) is 53.4 Å². The molecule has 1 heterocycles. The van der Waals surface area contributed by atoms with Crippen molar-refractivity contribution in [3.63, 3.8) is 0 Å². The lowest BCUT2D eigenvalue weighted by Crippen LogP contribution is -2.10. The molecule has 1 aliphatic rings. The maximum Gasteiger partial charge on any atom is 0.141 e. The number of fused-ring (bicyclic) bond motifs is 1. The second-order valence-corrected chi connectivity index (χ2v) is 5.31. The van der Waals surface area contributed by atoms with Gasteiger partial charge in [0.25, 0.3) is 0 Å². The van der Waals surface area contributed by atoms with E-state index in [1.54, 1.807) is 7.11 Å². The zero-order chi connectivity index (χ0) is 12.4. The molecule has 0 amide bonds. The van der Waals surface area contributed by atoms with Crippen molar-refractivity contribution in [2.24, 2.45) is 0 Å². The van der Waals surface area contributed by atoms with Gasteiger partial charge in [-0.15, -0.1) is 11.8 Å². The van der Waals surface area contributed by atoms with Crippen LogP contribution in [0.2, 0.25) is 0 Å². The Morgan fingerprint density at radius 3 is 2.78 bits per heavy atom. The molecule has 0 aliphatic carbocycles. The lowest BCUT2D eigenvalue weighted by Gasteiger charge is -2.17. The molecule has 0 spiro atoms. The summed E-state index contributed by atoms with van der Waals surface area (Å²) in [7, 11) is 1.71. The first-order chi connectivity index (χ1) is 8.88. The molecule has 0 saturated heterocycles. The average molecular weight is 257 g/mol. The average Bonchev–Trinajstić information content (AvgIpc) is 2.83. The highest BCUT2D eigenvalue weighted by atomic mass is 32.2. The van der Waals surface area contributed by atoms with Gasteiger partial charge in [-0.05, 0) is 23.8 Å². The first kappa shape index (κ1) is 11.5. The Balaban J connectivity index is 1.86. The van der Waals surface area contributed by atoms with Crippen molar-refractivity contribution < 1.29 is 4.74 Å². The highest BCUT2D eigenvalue weighted by molar-refractivity contribution is 7.99. The van der Waals surface area contributed by atoms with Gasteiger partial charge < -0.3 is 10.1 Å². The fourth-order valence-corrected chi connectivity index (χ4v) is 3.39. The smallest absolute Gasteiger partial charge is 0.141 e. The molecule has 1 atom stereocenters. The van der Waals surface area contributed by atoms with E-state index in [1.807, 2.05) is 30.0 Å². The van der Waals surface area contributed by atoms with Crippen molar-refractivity contribution in [2.45, 2.75) is 10.9 Å². The largest absolute Gasteiger partial charge is 0.495 e. The molecular formula is C15H15NOS. The summed E-state index contributed by atoms with van der Waals surface area (Å²) in [5.41, 5.74) is 2.44. The number of ether oxygens (including phenoxy) is 1. The minimum Gasteiger partial charge on any atom is -0.495 e. The number of methoxy groups -OCH3 is 1. The summed E-state index contributed by atoms with van der Waals surface area (Å²) in [6.45, 7) is 0. The molecule has 1 N–H and O–H groups in total. The Kier molecular flexibility index (Phi) is 3.15. The third-order valence-corrected chi connectivity index (χ3v) is 4.32. The maximum absolute atomic E-state index is 5.37.